The first-order valence-corrected chi connectivity index (χ1v) is 10.0. The predicted molar refractivity (Wildman–Crippen MR) is 115 cm³/mol. The number of primary amides is 1. The molecule has 2 aromatic carbocycles. The Morgan fingerprint density at radius 2 is 1.79 bits per heavy atom. The summed E-state index contributed by atoms with van der Waals surface area (Å²) in [5.41, 5.74) is 8.33. The average Bonchev–Trinajstić information content (AvgIpc) is 3.09. The zero-order chi connectivity index (χ0) is 20.8. The number of rotatable bonds is 7. The highest BCUT2D eigenvalue weighted by Gasteiger charge is 2.15. The van der Waals surface area contributed by atoms with Gasteiger partial charge in [0.1, 0.15) is 0 Å². The number of aryl methyl sites for hydroxylation is 1. The normalized spacial score (nSPS) is 10.6. The van der Waals surface area contributed by atoms with Gasteiger partial charge in [0.2, 0.25) is 5.91 Å². The lowest BCUT2D eigenvalue weighted by Crippen LogP contribution is -2.19. The number of urea groups is 1. The van der Waals surface area contributed by atoms with Crippen LogP contribution in [0.4, 0.5) is 16.2 Å². The van der Waals surface area contributed by atoms with E-state index < -0.39 is 6.03 Å². The largest absolute Gasteiger partial charge is 0.351 e. The van der Waals surface area contributed by atoms with Crippen molar-refractivity contribution >= 4 is 35.1 Å². The van der Waals surface area contributed by atoms with Crippen molar-refractivity contribution in [1.82, 2.24) is 14.8 Å². The SMILES string of the molecule is CCn1c(SCC(=O)Nc2cccc(NC(N)=O)c2)nnc1-c1cccc(C)c1. The van der Waals surface area contributed by atoms with Gasteiger partial charge < -0.3 is 20.9 Å². The minimum absolute atomic E-state index is 0.180. The summed E-state index contributed by atoms with van der Waals surface area (Å²) in [5, 5.41) is 14.5. The molecule has 0 spiro atoms. The van der Waals surface area contributed by atoms with Crippen LogP contribution in [0.2, 0.25) is 0 Å². The standard InChI is InChI=1S/C20H22N6O2S/c1-3-26-18(14-7-4-6-13(2)10-14)24-25-20(26)29-12-17(27)22-15-8-5-9-16(11-15)23-19(21)28/h4-11H,3,12H2,1-2H3,(H,22,27)(H3,21,23,28). The van der Waals surface area contributed by atoms with Gasteiger partial charge >= 0.3 is 6.03 Å². The van der Waals surface area contributed by atoms with Crippen molar-refractivity contribution in [2.24, 2.45) is 5.73 Å². The van der Waals surface area contributed by atoms with Crippen LogP contribution in [0.5, 0.6) is 0 Å². The van der Waals surface area contributed by atoms with Gasteiger partial charge in [-0.15, -0.1) is 10.2 Å². The van der Waals surface area contributed by atoms with E-state index in [0.29, 0.717) is 23.1 Å². The van der Waals surface area contributed by atoms with Crippen molar-refractivity contribution in [1.29, 1.82) is 0 Å². The third kappa shape index (κ3) is 5.35. The third-order valence-corrected chi connectivity index (χ3v) is 5.02. The molecule has 3 amide bonds. The van der Waals surface area contributed by atoms with Crippen molar-refractivity contribution in [3.05, 3.63) is 54.1 Å². The molecular formula is C20H22N6O2S. The fourth-order valence-electron chi connectivity index (χ4n) is 2.82. The zero-order valence-electron chi connectivity index (χ0n) is 16.2. The molecule has 0 unspecified atom stereocenters. The highest BCUT2D eigenvalue weighted by molar-refractivity contribution is 7.99. The number of hydrogen-bond acceptors (Lipinski definition) is 5. The highest BCUT2D eigenvalue weighted by atomic mass is 32.2. The summed E-state index contributed by atoms with van der Waals surface area (Å²) in [5.74, 6) is 0.776. The second-order valence-electron chi connectivity index (χ2n) is 6.33. The molecule has 29 heavy (non-hydrogen) atoms. The van der Waals surface area contributed by atoms with Gasteiger partial charge in [-0.25, -0.2) is 4.79 Å². The first-order valence-electron chi connectivity index (χ1n) is 9.05. The molecule has 3 aromatic rings. The smallest absolute Gasteiger partial charge is 0.316 e. The Labute approximate surface area is 172 Å². The van der Waals surface area contributed by atoms with Crippen molar-refractivity contribution in [2.75, 3.05) is 16.4 Å². The van der Waals surface area contributed by atoms with Gasteiger partial charge in [0.15, 0.2) is 11.0 Å². The van der Waals surface area contributed by atoms with Gasteiger partial charge in [0.25, 0.3) is 0 Å². The number of nitrogens with one attached hydrogen (secondary N) is 2. The number of nitrogens with two attached hydrogens (primary N) is 1. The lowest BCUT2D eigenvalue weighted by Gasteiger charge is -2.09. The van der Waals surface area contributed by atoms with Gasteiger partial charge in [-0.2, -0.15) is 0 Å². The molecule has 0 saturated heterocycles. The molecule has 0 radical (unpaired) electrons. The molecule has 0 bridgehead atoms. The maximum absolute atomic E-state index is 12.3. The summed E-state index contributed by atoms with van der Waals surface area (Å²) >= 11 is 1.32. The number of amides is 3. The maximum atomic E-state index is 12.3. The number of anilines is 2. The van der Waals surface area contributed by atoms with E-state index in [1.54, 1.807) is 24.3 Å². The fourth-order valence-corrected chi connectivity index (χ4v) is 3.62. The summed E-state index contributed by atoms with van der Waals surface area (Å²) in [6, 6.07) is 14.2. The van der Waals surface area contributed by atoms with Crippen LogP contribution in [0.1, 0.15) is 12.5 Å². The lowest BCUT2D eigenvalue weighted by atomic mass is 10.1. The first kappa shape index (κ1) is 20.4. The Balaban J connectivity index is 1.66. The van der Waals surface area contributed by atoms with Crippen LogP contribution >= 0.6 is 11.8 Å². The molecule has 0 fully saturated rings. The number of thioether (sulfide) groups is 1. The number of nitrogens with zero attached hydrogens (tertiary/aromatic N) is 3. The van der Waals surface area contributed by atoms with E-state index in [0.717, 1.165) is 17.0 Å². The summed E-state index contributed by atoms with van der Waals surface area (Å²) in [6.07, 6.45) is 0. The maximum Gasteiger partial charge on any atom is 0.316 e. The van der Waals surface area contributed by atoms with E-state index in [1.807, 2.05) is 36.6 Å². The van der Waals surface area contributed by atoms with Crippen molar-refractivity contribution in [2.45, 2.75) is 25.5 Å². The number of carbonyl (C=O) groups is 2. The van der Waals surface area contributed by atoms with E-state index in [9.17, 15) is 9.59 Å². The Hall–Kier alpha value is -3.33. The van der Waals surface area contributed by atoms with Crippen molar-refractivity contribution < 1.29 is 9.59 Å². The molecule has 8 nitrogen and oxygen atoms in total. The second-order valence-corrected chi connectivity index (χ2v) is 7.27. The third-order valence-electron chi connectivity index (χ3n) is 4.06. The van der Waals surface area contributed by atoms with Crippen LogP contribution in [0.15, 0.2) is 53.7 Å². The van der Waals surface area contributed by atoms with Gasteiger partial charge in [-0.05, 0) is 38.1 Å². The van der Waals surface area contributed by atoms with E-state index in [2.05, 4.69) is 26.9 Å². The molecule has 9 heteroatoms. The summed E-state index contributed by atoms with van der Waals surface area (Å²) < 4.78 is 1.99. The van der Waals surface area contributed by atoms with Crippen LogP contribution in [0, 0.1) is 6.92 Å². The minimum atomic E-state index is -0.660. The molecule has 0 aliphatic carbocycles. The molecule has 0 atom stereocenters. The van der Waals surface area contributed by atoms with Crippen LogP contribution in [0.25, 0.3) is 11.4 Å². The summed E-state index contributed by atoms with van der Waals surface area (Å²) in [6.45, 7) is 4.75. The number of aromatic nitrogens is 3. The lowest BCUT2D eigenvalue weighted by molar-refractivity contribution is -0.113. The van der Waals surface area contributed by atoms with Crippen LogP contribution in [-0.4, -0.2) is 32.5 Å². The summed E-state index contributed by atoms with van der Waals surface area (Å²) in [7, 11) is 0. The number of hydrogen-bond donors (Lipinski definition) is 3. The topological polar surface area (TPSA) is 115 Å². The Bertz CT molecular complexity index is 1030. The predicted octanol–water partition coefficient (Wildman–Crippen LogP) is 3.49. The zero-order valence-corrected chi connectivity index (χ0v) is 17.0. The first-order chi connectivity index (χ1) is 14.0. The van der Waals surface area contributed by atoms with E-state index in [1.165, 1.54) is 11.8 Å². The van der Waals surface area contributed by atoms with Crippen LogP contribution in [0.3, 0.4) is 0 Å². The number of carbonyl (C=O) groups excluding carboxylic acids is 2. The van der Waals surface area contributed by atoms with Gasteiger partial charge in [-0.3, -0.25) is 4.79 Å². The Morgan fingerprint density at radius 1 is 1.07 bits per heavy atom. The average molecular weight is 411 g/mol. The fraction of sp³-hybridized carbons (Fsp3) is 0.200. The second kappa shape index (κ2) is 9.24. The summed E-state index contributed by atoms with van der Waals surface area (Å²) in [4.78, 5) is 23.3. The van der Waals surface area contributed by atoms with Crippen LogP contribution < -0.4 is 16.4 Å². The molecule has 150 valence electrons. The highest BCUT2D eigenvalue weighted by Crippen LogP contribution is 2.25. The quantitative estimate of drug-likeness (QED) is 0.516. The van der Waals surface area contributed by atoms with Gasteiger partial charge in [0.05, 0.1) is 5.75 Å². The van der Waals surface area contributed by atoms with Gasteiger partial charge in [0, 0.05) is 23.5 Å². The van der Waals surface area contributed by atoms with Crippen LogP contribution in [-0.2, 0) is 11.3 Å². The molecule has 0 aliphatic heterocycles. The van der Waals surface area contributed by atoms with Crippen molar-refractivity contribution in [3.8, 4) is 11.4 Å². The van der Waals surface area contributed by atoms with Crippen molar-refractivity contribution in [3.63, 3.8) is 0 Å². The molecule has 4 N–H and O–H groups in total. The molecule has 0 aliphatic rings. The molecule has 1 aromatic heterocycles. The molecule has 3 rings (SSSR count). The van der Waals surface area contributed by atoms with E-state index in [4.69, 9.17) is 5.73 Å². The molecule has 0 saturated carbocycles. The Morgan fingerprint density at radius 3 is 2.48 bits per heavy atom. The molecule has 1 heterocycles. The number of benzene rings is 2. The van der Waals surface area contributed by atoms with Gasteiger partial charge in [-0.1, -0.05) is 41.6 Å². The molecular weight excluding hydrogens is 388 g/mol. The monoisotopic (exact) mass is 410 g/mol. The van der Waals surface area contributed by atoms with E-state index in [-0.39, 0.29) is 11.7 Å². The van der Waals surface area contributed by atoms with E-state index >= 15 is 0 Å². The minimum Gasteiger partial charge on any atom is -0.351 e. The Kier molecular flexibility index (Phi) is 6.50.